The topological polar surface area (TPSA) is 37.3 Å². The molecule has 96 valence electrons. The van der Waals surface area contributed by atoms with Crippen molar-refractivity contribution in [2.75, 3.05) is 0 Å². The summed E-state index contributed by atoms with van der Waals surface area (Å²) in [6.07, 6.45) is 3.41. The first-order chi connectivity index (χ1) is 7.80. The smallest absolute Gasteiger partial charge is 0.308 e. The summed E-state index contributed by atoms with van der Waals surface area (Å²) < 4.78 is 0. The molecule has 0 fully saturated rings. The SMILES string of the molecule is CC(C)(C)C(=O)O.CC1=Cc2ccccc2C1.[Zr]. The van der Waals surface area contributed by atoms with Gasteiger partial charge in [-0.2, -0.15) is 0 Å². The minimum Gasteiger partial charge on any atom is -0.481 e. The molecule has 0 spiro atoms. The number of hydrogen-bond donors (Lipinski definition) is 1. The predicted molar refractivity (Wildman–Crippen MR) is 70.9 cm³/mol. The first-order valence-electron chi connectivity index (χ1n) is 5.79. The zero-order valence-corrected chi connectivity index (χ0v) is 13.9. The third kappa shape index (κ3) is 5.31. The van der Waals surface area contributed by atoms with Crippen molar-refractivity contribution in [3.63, 3.8) is 0 Å². The maximum absolute atomic E-state index is 10.0. The van der Waals surface area contributed by atoms with E-state index in [4.69, 9.17) is 5.11 Å². The van der Waals surface area contributed by atoms with Crippen molar-refractivity contribution < 1.29 is 36.1 Å². The van der Waals surface area contributed by atoms with Gasteiger partial charge in [0.25, 0.3) is 0 Å². The number of carboxylic acid groups (broad SMARTS) is 1. The minimum absolute atomic E-state index is 0. The van der Waals surface area contributed by atoms with Crippen LogP contribution in [0.4, 0.5) is 0 Å². The van der Waals surface area contributed by atoms with Gasteiger partial charge in [0, 0.05) is 26.2 Å². The molecular formula is C15H20O2Zr. The van der Waals surface area contributed by atoms with Crippen molar-refractivity contribution in [2.24, 2.45) is 5.41 Å². The summed E-state index contributed by atoms with van der Waals surface area (Å²) >= 11 is 0. The van der Waals surface area contributed by atoms with Gasteiger partial charge in [0.2, 0.25) is 0 Å². The van der Waals surface area contributed by atoms with Crippen LogP contribution in [0.1, 0.15) is 38.8 Å². The van der Waals surface area contributed by atoms with Crippen molar-refractivity contribution >= 4 is 12.0 Å². The van der Waals surface area contributed by atoms with Crippen molar-refractivity contribution in [3.8, 4) is 0 Å². The van der Waals surface area contributed by atoms with E-state index in [1.165, 1.54) is 16.7 Å². The molecule has 0 amide bonds. The maximum Gasteiger partial charge on any atom is 0.308 e. The number of allylic oxidation sites excluding steroid dienone is 1. The Morgan fingerprint density at radius 2 is 1.72 bits per heavy atom. The normalized spacial score (nSPS) is 12.6. The summed E-state index contributed by atoms with van der Waals surface area (Å²) in [4.78, 5) is 10.0. The monoisotopic (exact) mass is 322 g/mol. The molecule has 3 heteroatoms. The van der Waals surface area contributed by atoms with Gasteiger partial charge in [-0.15, -0.1) is 0 Å². The summed E-state index contributed by atoms with van der Waals surface area (Å²) in [5.74, 6) is -0.757. The number of hydrogen-bond acceptors (Lipinski definition) is 1. The van der Waals surface area contributed by atoms with Crippen LogP contribution >= 0.6 is 0 Å². The molecule has 1 aliphatic carbocycles. The number of benzene rings is 1. The first kappa shape index (κ1) is 17.3. The molecule has 0 saturated heterocycles. The van der Waals surface area contributed by atoms with Crippen LogP contribution in [0.25, 0.3) is 6.08 Å². The number of aliphatic carboxylic acids is 1. The summed E-state index contributed by atoms with van der Waals surface area (Å²) in [6, 6.07) is 8.56. The fraction of sp³-hybridized carbons (Fsp3) is 0.400. The van der Waals surface area contributed by atoms with Crippen molar-refractivity contribution in [3.05, 3.63) is 41.0 Å². The quantitative estimate of drug-likeness (QED) is 0.789. The average Bonchev–Trinajstić information content (AvgIpc) is 2.57. The molecule has 0 unspecified atom stereocenters. The number of fused-ring (bicyclic) bond motifs is 1. The van der Waals surface area contributed by atoms with Gasteiger partial charge in [-0.1, -0.05) is 35.9 Å². The zero-order valence-electron chi connectivity index (χ0n) is 11.4. The van der Waals surface area contributed by atoms with Gasteiger partial charge in [-0.05, 0) is 45.2 Å². The summed E-state index contributed by atoms with van der Waals surface area (Å²) in [7, 11) is 0. The van der Waals surface area contributed by atoms with Crippen LogP contribution in [0.3, 0.4) is 0 Å². The van der Waals surface area contributed by atoms with Crippen molar-refractivity contribution in [1.82, 2.24) is 0 Å². The van der Waals surface area contributed by atoms with Gasteiger partial charge in [0.05, 0.1) is 5.41 Å². The summed E-state index contributed by atoms with van der Waals surface area (Å²) in [5.41, 5.74) is 3.77. The Hall–Kier alpha value is -0.687. The molecule has 0 aromatic heterocycles. The molecule has 0 heterocycles. The van der Waals surface area contributed by atoms with Crippen LogP contribution in [0.5, 0.6) is 0 Å². The fourth-order valence-electron chi connectivity index (χ4n) is 1.45. The number of rotatable bonds is 0. The largest absolute Gasteiger partial charge is 0.481 e. The van der Waals surface area contributed by atoms with E-state index in [9.17, 15) is 4.79 Å². The Balaban J connectivity index is 0.000000326. The van der Waals surface area contributed by atoms with E-state index < -0.39 is 11.4 Å². The molecule has 2 nitrogen and oxygen atoms in total. The van der Waals surface area contributed by atoms with Gasteiger partial charge in [0.1, 0.15) is 0 Å². The maximum atomic E-state index is 10.0. The Morgan fingerprint density at radius 1 is 1.22 bits per heavy atom. The molecule has 0 aliphatic heterocycles. The van der Waals surface area contributed by atoms with E-state index in [2.05, 4.69) is 37.3 Å². The van der Waals surface area contributed by atoms with E-state index in [0.717, 1.165) is 6.42 Å². The van der Waals surface area contributed by atoms with Gasteiger partial charge < -0.3 is 5.11 Å². The van der Waals surface area contributed by atoms with Crippen LogP contribution in [0.15, 0.2) is 29.8 Å². The zero-order chi connectivity index (χ0) is 13.1. The molecule has 1 aromatic rings. The second-order valence-electron chi connectivity index (χ2n) is 5.42. The molecule has 0 saturated carbocycles. The summed E-state index contributed by atoms with van der Waals surface area (Å²) in [6.45, 7) is 7.17. The van der Waals surface area contributed by atoms with E-state index in [-0.39, 0.29) is 26.2 Å². The summed E-state index contributed by atoms with van der Waals surface area (Å²) in [5, 5.41) is 8.25. The number of carboxylic acids is 1. The van der Waals surface area contributed by atoms with E-state index in [0.29, 0.717) is 0 Å². The van der Waals surface area contributed by atoms with Gasteiger partial charge >= 0.3 is 5.97 Å². The molecular weight excluding hydrogens is 303 g/mol. The Bertz CT molecular complexity index is 442. The second kappa shape index (κ2) is 7.04. The van der Waals surface area contributed by atoms with Crippen LogP contribution in [0.2, 0.25) is 0 Å². The molecule has 2 rings (SSSR count). The third-order valence-electron chi connectivity index (χ3n) is 2.57. The van der Waals surface area contributed by atoms with E-state index in [1.807, 2.05) is 0 Å². The average molecular weight is 324 g/mol. The van der Waals surface area contributed by atoms with Crippen molar-refractivity contribution in [1.29, 1.82) is 0 Å². The number of carbonyl (C=O) groups is 1. The van der Waals surface area contributed by atoms with E-state index >= 15 is 0 Å². The Morgan fingerprint density at radius 3 is 2.17 bits per heavy atom. The van der Waals surface area contributed by atoms with Gasteiger partial charge in [0.15, 0.2) is 0 Å². The predicted octanol–water partition coefficient (Wildman–Crippen LogP) is 3.76. The minimum atomic E-state index is -0.757. The van der Waals surface area contributed by atoms with Crippen molar-refractivity contribution in [2.45, 2.75) is 34.1 Å². The molecule has 1 aliphatic rings. The first-order valence-corrected chi connectivity index (χ1v) is 5.79. The third-order valence-corrected chi connectivity index (χ3v) is 2.57. The van der Waals surface area contributed by atoms with Gasteiger partial charge in [-0.25, -0.2) is 0 Å². The molecule has 0 radical (unpaired) electrons. The van der Waals surface area contributed by atoms with Crippen LogP contribution in [-0.2, 0) is 37.4 Å². The Labute approximate surface area is 128 Å². The Kier molecular flexibility index (Phi) is 6.77. The molecule has 0 atom stereocenters. The molecule has 1 N–H and O–H groups in total. The molecule has 0 bridgehead atoms. The molecule has 1 aromatic carbocycles. The standard InChI is InChI=1S/C10H10.C5H10O2.Zr/c1-8-6-9-4-2-3-5-10(9)7-8;1-5(2,3)4(6)7;/h2-6H,7H2,1H3;1-3H3,(H,6,7);. The fourth-order valence-corrected chi connectivity index (χ4v) is 1.45. The van der Waals surface area contributed by atoms with Crippen LogP contribution in [0, 0.1) is 5.41 Å². The van der Waals surface area contributed by atoms with E-state index in [1.54, 1.807) is 20.8 Å². The second-order valence-corrected chi connectivity index (χ2v) is 5.42. The van der Waals surface area contributed by atoms with Crippen LogP contribution < -0.4 is 0 Å². The van der Waals surface area contributed by atoms with Gasteiger partial charge in [-0.3, -0.25) is 4.79 Å². The molecule has 18 heavy (non-hydrogen) atoms. The van der Waals surface area contributed by atoms with Crippen LogP contribution in [-0.4, -0.2) is 11.1 Å².